The molecule has 1 N–H and O–H groups in total. The molecule has 1 rings (SSSR count). The molecule has 1 heterocycles. The lowest BCUT2D eigenvalue weighted by molar-refractivity contribution is -0.754. The highest BCUT2D eigenvalue weighted by Gasteiger charge is 2.09. The van der Waals surface area contributed by atoms with Gasteiger partial charge < -0.3 is 15.0 Å². The van der Waals surface area contributed by atoms with Crippen molar-refractivity contribution in [3.05, 3.63) is 23.0 Å². The maximum Gasteiger partial charge on any atom is 0.270 e. The van der Waals surface area contributed by atoms with Crippen molar-refractivity contribution in [2.24, 2.45) is 0 Å². The van der Waals surface area contributed by atoms with Crippen molar-refractivity contribution in [3.63, 3.8) is 0 Å². The Balaban J connectivity index is 3.12. The molecule has 0 amide bonds. The Hall–Kier alpha value is -1.57. The Morgan fingerprint density at radius 2 is 2.31 bits per heavy atom. The van der Waals surface area contributed by atoms with Gasteiger partial charge in [-0.25, -0.2) is 0 Å². The molecule has 0 aromatic carbocycles. The molecule has 0 bridgehead atoms. The van der Waals surface area contributed by atoms with Gasteiger partial charge in [0.2, 0.25) is 5.75 Å². The standard InChI is InChI=1S/C9H10N2O2/c1-4-13-8-6-5-7(2)10-9(8)11(3)12/h1,5-6,11H,2-3H3. The van der Waals surface area contributed by atoms with Crippen molar-refractivity contribution < 1.29 is 9.80 Å². The topological polar surface area (TPSA) is 49.6 Å². The van der Waals surface area contributed by atoms with E-state index in [2.05, 4.69) is 4.98 Å². The average Bonchev–Trinajstić information content (AvgIpc) is 2.08. The number of nitrogens with zero attached hydrogens (tertiary/aromatic N) is 1. The van der Waals surface area contributed by atoms with Crippen LogP contribution in [0.3, 0.4) is 0 Å². The zero-order valence-corrected chi connectivity index (χ0v) is 7.50. The summed E-state index contributed by atoms with van der Waals surface area (Å²) in [4.78, 5) is 4.02. The van der Waals surface area contributed by atoms with Crippen molar-refractivity contribution in [2.45, 2.75) is 6.92 Å². The maximum atomic E-state index is 11.1. The molecule has 1 atom stereocenters. The van der Waals surface area contributed by atoms with Crippen LogP contribution >= 0.6 is 0 Å². The molecule has 13 heavy (non-hydrogen) atoms. The molecule has 0 saturated carbocycles. The van der Waals surface area contributed by atoms with Gasteiger partial charge in [0.05, 0.1) is 7.05 Å². The van der Waals surface area contributed by atoms with Gasteiger partial charge in [0, 0.05) is 5.69 Å². The van der Waals surface area contributed by atoms with E-state index >= 15 is 0 Å². The first-order valence-electron chi connectivity index (χ1n) is 3.76. The average molecular weight is 178 g/mol. The number of ether oxygens (including phenoxy) is 1. The third-order valence-corrected chi connectivity index (χ3v) is 1.50. The molecule has 0 fully saturated rings. The summed E-state index contributed by atoms with van der Waals surface area (Å²) in [6.07, 6.45) is 6.96. The lowest BCUT2D eigenvalue weighted by Crippen LogP contribution is -2.98. The first kappa shape index (κ1) is 9.52. The molecule has 0 radical (unpaired) electrons. The molecule has 1 unspecified atom stereocenters. The minimum atomic E-state index is -0.158. The predicted octanol–water partition coefficient (Wildman–Crippen LogP) is 0.00352. The van der Waals surface area contributed by atoms with E-state index in [0.29, 0.717) is 5.75 Å². The molecule has 68 valence electrons. The number of aromatic nitrogens is 1. The van der Waals surface area contributed by atoms with Crippen LogP contribution in [0.2, 0.25) is 0 Å². The molecule has 0 aliphatic carbocycles. The highest BCUT2D eigenvalue weighted by atomic mass is 16.5. The van der Waals surface area contributed by atoms with Crippen molar-refractivity contribution in [3.8, 4) is 18.3 Å². The van der Waals surface area contributed by atoms with Crippen LogP contribution in [0.25, 0.3) is 0 Å². The number of nitrogens with one attached hydrogen (secondary N) is 1. The quantitative estimate of drug-likeness (QED) is 0.512. The molecule has 4 heteroatoms. The summed E-state index contributed by atoms with van der Waals surface area (Å²) >= 11 is 0. The van der Waals surface area contributed by atoms with Gasteiger partial charge >= 0.3 is 0 Å². The fourth-order valence-corrected chi connectivity index (χ4v) is 0.942. The Morgan fingerprint density at radius 3 is 2.85 bits per heavy atom. The van der Waals surface area contributed by atoms with E-state index in [1.165, 1.54) is 7.05 Å². The smallest absolute Gasteiger partial charge is 0.270 e. The van der Waals surface area contributed by atoms with E-state index in [-0.39, 0.29) is 10.9 Å². The van der Waals surface area contributed by atoms with Crippen LogP contribution in [0.15, 0.2) is 12.1 Å². The summed E-state index contributed by atoms with van der Waals surface area (Å²) in [6.45, 7) is 1.80. The number of aryl methyl sites for hydroxylation is 1. The van der Waals surface area contributed by atoms with Gasteiger partial charge in [-0.1, -0.05) is 6.42 Å². The van der Waals surface area contributed by atoms with Gasteiger partial charge in [-0.05, 0) is 19.1 Å². The number of quaternary nitrogens is 1. The first-order chi connectivity index (χ1) is 6.15. The lowest BCUT2D eigenvalue weighted by Gasteiger charge is -2.16. The summed E-state index contributed by atoms with van der Waals surface area (Å²) in [7, 11) is 1.42. The van der Waals surface area contributed by atoms with Gasteiger partial charge in [0.25, 0.3) is 5.82 Å². The lowest BCUT2D eigenvalue weighted by atomic mass is 10.3. The molecule has 1 aromatic rings. The molecular weight excluding hydrogens is 168 g/mol. The van der Waals surface area contributed by atoms with Crippen LogP contribution in [0, 0.1) is 24.7 Å². The van der Waals surface area contributed by atoms with E-state index in [0.717, 1.165) is 5.69 Å². The zero-order chi connectivity index (χ0) is 9.84. The zero-order valence-electron chi connectivity index (χ0n) is 7.50. The van der Waals surface area contributed by atoms with Crippen LogP contribution < -0.4 is 9.80 Å². The highest BCUT2D eigenvalue weighted by Crippen LogP contribution is 2.17. The summed E-state index contributed by atoms with van der Waals surface area (Å²) in [6, 6.07) is 3.37. The van der Waals surface area contributed by atoms with Gasteiger partial charge in [0.1, 0.15) is 6.11 Å². The largest absolute Gasteiger partial charge is 0.628 e. The van der Waals surface area contributed by atoms with Crippen molar-refractivity contribution in [1.29, 1.82) is 0 Å². The van der Waals surface area contributed by atoms with E-state index in [4.69, 9.17) is 11.2 Å². The number of hydrogen-bond donors (Lipinski definition) is 1. The van der Waals surface area contributed by atoms with Crippen LogP contribution in [-0.4, -0.2) is 12.0 Å². The fourth-order valence-electron chi connectivity index (χ4n) is 0.942. The Bertz CT molecular complexity index is 342. The van der Waals surface area contributed by atoms with E-state index in [1.807, 2.05) is 6.11 Å². The molecule has 0 spiro atoms. The SMILES string of the molecule is C#COc1ccc(C)nc1[NH+](C)[O-]. The summed E-state index contributed by atoms with van der Waals surface area (Å²) < 4.78 is 4.80. The van der Waals surface area contributed by atoms with Gasteiger partial charge in [-0.15, -0.1) is 0 Å². The van der Waals surface area contributed by atoms with Crippen molar-refractivity contribution >= 4 is 5.82 Å². The number of hydrogen-bond acceptors (Lipinski definition) is 3. The monoisotopic (exact) mass is 178 g/mol. The molecule has 0 aliphatic heterocycles. The maximum absolute atomic E-state index is 11.1. The van der Waals surface area contributed by atoms with Gasteiger partial charge in [-0.2, -0.15) is 4.98 Å². The number of hydroxylamine groups is 1. The van der Waals surface area contributed by atoms with E-state index in [9.17, 15) is 5.21 Å². The molecule has 0 saturated heterocycles. The number of rotatable bonds is 2. The Morgan fingerprint density at radius 1 is 1.62 bits per heavy atom. The summed E-state index contributed by atoms with van der Waals surface area (Å²) in [5.74, 6) is 0.610. The molecule has 4 nitrogen and oxygen atoms in total. The van der Waals surface area contributed by atoms with Crippen LogP contribution in [0.1, 0.15) is 5.69 Å². The molecule has 0 aliphatic rings. The second kappa shape index (κ2) is 3.90. The van der Waals surface area contributed by atoms with Crippen LogP contribution in [0.4, 0.5) is 5.82 Å². The second-order valence-electron chi connectivity index (χ2n) is 2.58. The van der Waals surface area contributed by atoms with Gasteiger partial charge in [-0.3, -0.25) is 0 Å². The highest BCUT2D eigenvalue weighted by molar-refractivity contribution is 5.40. The second-order valence-corrected chi connectivity index (χ2v) is 2.58. The van der Waals surface area contributed by atoms with Crippen molar-refractivity contribution in [1.82, 2.24) is 4.98 Å². The summed E-state index contributed by atoms with van der Waals surface area (Å²) in [5.41, 5.74) is 0.759. The van der Waals surface area contributed by atoms with Crippen LogP contribution in [0.5, 0.6) is 5.75 Å². The minimum absolute atomic E-state index is 0.158. The fraction of sp³-hybridized carbons (Fsp3) is 0.222. The minimum Gasteiger partial charge on any atom is -0.628 e. The normalized spacial score (nSPS) is 11.8. The van der Waals surface area contributed by atoms with E-state index < -0.39 is 0 Å². The number of pyridine rings is 1. The third kappa shape index (κ3) is 2.18. The van der Waals surface area contributed by atoms with Gasteiger partial charge in [0.15, 0.2) is 0 Å². The third-order valence-electron chi connectivity index (χ3n) is 1.50. The van der Waals surface area contributed by atoms with Crippen molar-refractivity contribution in [2.75, 3.05) is 7.05 Å². The molecular formula is C9H10N2O2. The predicted molar refractivity (Wildman–Crippen MR) is 48.3 cm³/mol. The van der Waals surface area contributed by atoms with Crippen LogP contribution in [-0.2, 0) is 0 Å². The number of terminal acetylenes is 1. The molecule has 1 aromatic heterocycles. The Labute approximate surface area is 76.7 Å². The summed E-state index contributed by atoms with van der Waals surface area (Å²) in [5, 5.41) is 10.9. The first-order valence-corrected chi connectivity index (χ1v) is 3.76. The Kier molecular flexibility index (Phi) is 2.85. The van der Waals surface area contributed by atoms with E-state index in [1.54, 1.807) is 19.1 Å².